The quantitative estimate of drug-likeness (QED) is 0.725. The first kappa shape index (κ1) is 15.9. The summed E-state index contributed by atoms with van der Waals surface area (Å²) in [5.41, 5.74) is 0. The lowest BCUT2D eigenvalue weighted by Crippen LogP contribution is -2.32. The van der Waals surface area contributed by atoms with Crippen LogP contribution in [-0.2, 0) is 16.4 Å². The van der Waals surface area contributed by atoms with Gasteiger partial charge in [-0.3, -0.25) is 0 Å². The Morgan fingerprint density at radius 2 is 2.00 bits per heavy atom. The lowest BCUT2D eigenvalue weighted by molar-refractivity contribution is 0.554. The molecule has 0 atom stereocenters. The van der Waals surface area contributed by atoms with E-state index in [0.29, 0.717) is 4.21 Å². The topological polar surface area (TPSA) is 58.2 Å². The van der Waals surface area contributed by atoms with Gasteiger partial charge in [0.15, 0.2) is 0 Å². The lowest BCUT2D eigenvalue weighted by atomic mass is 10.3. The van der Waals surface area contributed by atoms with Gasteiger partial charge in [-0.2, -0.15) is 0 Å². The molecule has 2 N–H and O–H groups in total. The Morgan fingerprint density at radius 1 is 1.25 bits per heavy atom. The first-order valence-corrected chi connectivity index (χ1v) is 9.73. The van der Waals surface area contributed by atoms with Gasteiger partial charge < -0.3 is 5.32 Å². The zero-order valence-corrected chi connectivity index (χ0v) is 13.7. The van der Waals surface area contributed by atoms with Crippen LogP contribution < -0.4 is 10.0 Å². The fraction of sp³-hybridized carbons (Fsp3) is 0.714. The van der Waals surface area contributed by atoms with Gasteiger partial charge >= 0.3 is 0 Å². The van der Waals surface area contributed by atoms with E-state index in [0.717, 1.165) is 56.5 Å². The summed E-state index contributed by atoms with van der Waals surface area (Å²) < 4.78 is 27.8. The molecule has 0 saturated heterocycles. The predicted octanol–water partition coefficient (Wildman–Crippen LogP) is 2.51. The zero-order valence-electron chi connectivity index (χ0n) is 12.0. The van der Waals surface area contributed by atoms with Crippen molar-refractivity contribution in [1.82, 2.24) is 10.0 Å². The molecule has 1 saturated carbocycles. The number of thiophene rings is 1. The van der Waals surface area contributed by atoms with Crippen molar-refractivity contribution < 1.29 is 8.42 Å². The molecule has 114 valence electrons. The Morgan fingerprint density at radius 3 is 2.70 bits per heavy atom. The molecule has 4 nitrogen and oxygen atoms in total. The second-order valence-corrected chi connectivity index (χ2v) is 8.43. The summed E-state index contributed by atoms with van der Waals surface area (Å²) in [7, 11) is -3.31. The second kappa shape index (κ2) is 7.54. The highest BCUT2D eigenvalue weighted by Gasteiger charge is 2.23. The third kappa shape index (κ3) is 4.55. The number of hydrogen-bond acceptors (Lipinski definition) is 4. The predicted molar refractivity (Wildman–Crippen MR) is 83.8 cm³/mol. The van der Waals surface area contributed by atoms with E-state index in [1.165, 1.54) is 11.3 Å². The van der Waals surface area contributed by atoms with Crippen LogP contribution in [0.5, 0.6) is 0 Å². The van der Waals surface area contributed by atoms with E-state index in [-0.39, 0.29) is 6.04 Å². The maximum atomic E-state index is 12.3. The summed E-state index contributed by atoms with van der Waals surface area (Å²) in [6.07, 6.45) is 6.22. The molecule has 0 spiro atoms. The van der Waals surface area contributed by atoms with Gasteiger partial charge in [0.1, 0.15) is 4.21 Å². The van der Waals surface area contributed by atoms with E-state index in [2.05, 4.69) is 17.0 Å². The number of nitrogens with one attached hydrogen (secondary N) is 2. The average molecular weight is 316 g/mol. The molecule has 0 bridgehead atoms. The van der Waals surface area contributed by atoms with Gasteiger partial charge in [0.2, 0.25) is 10.0 Å². The molecule has 0 aliphatic heterocycles. The molecule has 1 aliphatic rings. The monoisotopic (exact) mass is 316 g/mol. The molecule has 6 heteroatoms. The highest BCUT2D eigenvalue weighted by molar-refractivity contribution is 7.91. The maximum absolute atomic E-state index is 12.3. The van der Waals surface area contributed by atoms with Crippen LogP contribution in [0.1, 0.15) is 43.9 Å². The Kier molecular flexibility index (Phi) is 6.01. The fourth-order valence-corrected chi connectivity index (χ4v) is 5.15. The minimum absolute atomic E-state index is 0.136. The molecule has 1 heterocycles. The van der Waals surface area contributed by atoms with Gasteiger partial charge in [-0.15, -0.1) is 11.3 Å². The van der Waals surface area contributed by atoms with Gasteiger partial charge in [0.05, 0.1) is 0 Å². The standard InChI is InChI=1S/C14H24N2O2S2/c1-2-10-15-11-9-13-7-8-14(19-13)20(17,18)16-12-5-3-4-6-12/h7-8,12,15-16H,2-6,9-11H2,1H3. The zero-order chi connectivity index (χ0) is 14.4. The second-order valence-electron chi connectivity index (χ2n) is 5.32. The smallest absolute Gasteiger partial charge is 0.250 e. The summed E-state index contributed by atoms with van der Waals surface area (Å²) in [6, 6.07) is 3.80. The van der Waals surface area contributed by atoms with Crippen molar-refractivity contribution in [3.63, 3.8) is 0 Å². The minimum Gasteiger partial charge on any atom is -0.316 e. The molecule has 1 fully saturated rings. The van der Waals surface area contributed by atoms with Crippen molar-refractivity contribution >= 4 is 21.4 Å². The van der Waals surface area contributed by atoms with Gasteiger partial charge in [-0.05, 0) is 50.9 Å². The van der Waals surface area contributed by atoms with Crippen LogP contribution in [0.15, 0.2) is 16.3 Å². The van der Waals surface area contributed by atoms with E-state index >= 15 is 0 Å². The van der Waals surface area contributed by atoms with Crippen molar-refractivity contribution in [1.29, 1.82) is 0 Å². The van der Waals surface area contributed by atoms with Crippen LogP contribution >= 0.6 is 11.3 Å². The van der Waals surface area contributed by atoms with Gasteiger partial charge in [-0.1, -0.05) is 19.8 Å². The highest BCUT2D eigenvalue weighted by atomic mass is 32.2. The van der Waals surface area contributed by atoms with E-state index in [1.54, 1.807) is 6.07 Å². The van der Waals surface area contributed by atoms with E-state index in [9.17, 15) is 8.42 Å². The average Bonchev–Trinajstić information content (AvgIpc) is 3.05. The first-order valence-electron chi connectivity index (χ1n) is 7.43. The molecule has 20 heavy (non-hydrogen) atoms. The number of hydrogen-bond donors (Lipinski definition) is 2. The molecule has 0 radical (unpaired) electrons. The van der Waals surface area contributed by atoms with Crippen LogP contribution in [0.2, 0.25) is 0 Å². The largest absolute Gasteiger partial charge is 0.316 e. The van der Waals surface area contributed by atoms with Crippen molar-refractivity contribution in [2.45, 2.75) is 55.7 Å². The number of rotatable bonds is 8. The van der Waals surface area contributed by atoms with E-state index in [1.807, 2.05) is 6.07 Å². The molecule has 2 rings (SSSR count). The first-order chi connectivity index (χ1) is 9.62. The lowest BCUT2D eigenvalue weighted by Gasteiger charge is -2.10. The summed E-state index contributed by atoms with van der Waals surface area (Å²) in [5.74, 6) is 0. The third-order valence-corrected chi connectivity index (χ3v) is 6.71. The van der Waals surface area contributed by atoms with Gasteiger partial charge in [0.25, 0.3) is 0 Å². The summed E-state index contributed by atoms with van der Waals surface area (Å²) in [5, 5.41) is 3.33. The molecule has 1 aromatic rings. The Hall–Kier alpha value is -0.430. The van der Waals surface area contributed by atoms with Crippen LogP contribution in [-0.4, -0.2) is 27.5 Å². The van der Waals surface area contributed by atoms with Crippen molar-refractivity contribution in [3.05, 3.63) is 17.0 Å². The van der Waals surface area contributed by atoms with Crippen LogP contribution in [0.4, 0.5) is 0 Å². The third-order valence-electron chi connectivity index (χ3n) is 3.55. The van der Waals surface area contributed by atoms with Crippen LogP contribution in [0.3, 0.4) is 0 Å². The van der Waals surface area contributed by atoms with E-state index in [4.69, 9.17) is 0 Å². The van der Waals surface area contributed by atoms with Crippen molar-refractivity contribution in [2.75, 3.05) is 13.1 Å². The Bertz CT molecular complexity index is 505. The van der Waals surface area contributed by atoms with Gasteiger partial charge in [-0.25, -0.2) is 13.1 Å². The SMILES string of the molecule is CCCNCCc1ccc(S(=O)(=O)NC2CCCC2)s1. The normalized spacial score (nSPS) is 16.9. The molecular weight excluding hydrogens is 292 g/mol. The summed E-state index contributed by atoms with van der Waals surface area (Å²) in [4.78, 5) is 1.13. The molecular formula is C14H24N2O2S2. The van der Waals surface area contributed by atoms with Crippen molar-refractivity contribution in [2.24, 2.45) is 0 Å². The number of sulfonamides is 1. The maximum Gasteiger partial charge on any atom is 0.250 e. The minimum atomic E-state index is -3.31. The van der Waals surface area contributed by atoms with E-state index < -0.39 is 10.0 Å². The van der Waals surface area contributed by atoms with Crippen LogP contribution in [0.25, 0.3) is 0 Å². The molecule has 1 aliphatic carbocycles. The van der Waals surface area contributed by atoms with Crippen LogP contribution in [0, 0.1) is 0 Å². The van der Waals surface area contributed by atoms with Gasteiger partial charge in [0, 0.05) is 10.9 Å². The Labute approximate surface area is 126 Å². The molecule has 0 aromatic carbocycles. The Balaban J connectivity index is 1.89. The molecule has 0 amide bonds. The molecule has 0 unspecified atom stereocenters. The van der Waals surface area contributed by atoms with Crippen molar-refractivity contribution in [3.8, 4) is 0 Å². The molecule has 1 aromatic heterocycles. The summed E-state index contributed by atoms with van der Waals surface area (Å²) >= 11 is 1.39. The fourth-order valence-electron chi connectivity index (χ4n) is 2.47. The summed E-state index contributed by atoms with van der Waals surface area (Å²) in [6.45, 7) is 4.06. The highest BCUT2D eigenvalue weighted by Crippen LogP contribution is 2.25.